The number of alkyl halides is 3. The molecule has 0 radical (unpaired) electrons. The molecule has 0 amide bonds. The second-order valence-electron chi connectivity index (χ2n) is 8.70. The normalized spacial score (nSPS) is 21.6. The Labute approximate surface area is 214 Å². The van der Waals surface area contributed by atoms with E-state index in [1.165, 1.54) is 47.6 Å². The van der Waals surface area contributed by atoms with E-state index in [1.807, 2.05) is 18.7 Å². The molecule has 1 fully saturated rings. The third-order valence-electron chi connectivity index (χ3n) is 6.02. The van der Waals surface area contributed by atoms with E-state index in [4.69, 9.17) is 16.3 Å². The van der Waals surface area contributed by atoms with Crippen molar-refractivity contribution in [2.24, 2.45) is 0 Å². The molecular weight excluding hydrogens is 515 g/mol. The van der Waals surface area contributed by atoms with Crippen LogP contribution in [0.4, 0.5) is 30.6 Å². The number of H-pyrrole nitrogens is 1. The summed E-state index contributed by atoms with van der Waals surface area (Å²) in [5, 5.41) is 0.0551. The molecule has 37 heavy (non-hydrogen) atoms. The number of halogens is 4. The lowest BCUT2D eigenvalue weighted by Crippen LogP contribution is -2.52. The minimum Gasteiger partial charge on any atom is -0.377 e. The minimum atomic E-state index is -4.52. The minimum absolute atomic E-state index is 0.0551. The number of fused-ring (bicyclic) bond motifs is 1. The first-order valence-corrected chi connectivity index (χ1v) is 11.9. The van der Waals surface area contributed by atoms with E-state index >= 15 is 0 Å². The average molecular weight is 540 g/mol. The van der Waals surface area contributed by atoms with Gasteiger partial charge in [-0.3, -0.25) is 19.1 Å². The number of hydrogen-bond acceptors (Lipinski definition) is 8. The van der Waals surface area contributed by atoms with Crippen LogP contribution in [0, 0.1) is 0 Å². The molecule has 0 bridgehead atoms. The van der Waals surface area contributed by atoms with Gasteiger partial charge in [-0.2, -0.15) is 18.2 Å². The van der Waals surface area contributed by atoms with Gasteiger partial charge >= 0.3 is 6.18 Å². The van der Waals surface area contributed by atoms with Gasteiger partial charge in [-0.05, 0) is 32.4 Å². The number of ether oxygens (including phenoxy) is 1. The van der Waals surface area contributed by atoms with Crippen LogP contribution in [0.3, 0.4) is 0 Å². The number of aromatic nitrogens is 5. The smallest absolute Gasteiger partial charge is 0.377 e. The molecule has 0 aromatic carbocycles. The van der Waals surface area contributed by atoms with Crippen molar-refractivity contribution in [2.45, 2.75) is 51.1 Å². The fraction of sp³-hybridized carbons (Fsp3) is 0.435. The van der Waals surface area contributed by atoms with Crippen LogP contribution in [0.1, 0.15) is 20.3 Å². The van der Waals surface area contributed by atoms with E-state index < -0.39 is 17.8 Å². The Bertz CT molecular complexity index is 1320. The number of aromatic amines is 1. The highest BCUT2D eigenvalue weighted by atomic mass is 35.5. The maximum atomic E-state index is 13.9. The summed E-state index contributed by atoms with van der Waals surface area (Å²) in [4.78, 5) is 40.3. The summed E-state index contributed by atoms with van der Waals surface area (Å²) in [6.07, 6.45) is -0.671. The third-order valence-corrected chi connectivity index (χ3v) is 6.23. The first kappa shape index (κ1) is 26.6. The van der Waals surface area contributed by atoms with Gasteiger partial charge in [0.1, 0.15) is 17.0 Å². The molecule has 10 nitrogen and oxygen atoms in total. The number of pyridine rings is 1. The fourth-order valence-corrected chi connectivity index (χ4v) is 4.60. The van der Waals surface area contributed by atoms with Crippen LogP contribution < -0.4 is 20.9 Å². The van der Waals surface area contributed by atoms with Crippen LogP contribution in [0.15, 0.2) is 52.6 Å². The monoisotopic (exact) mass is 539 g/mol. The van der Waals surface area contributed by atoms with Crippen LogP contribution in [-0.4, -0.2) is 62.0 Å². The van der Waals surface area contributed by atoms with Crippen molar-refractivity contribution >= 4 is 29.1 Å². The first-order valence-electron chi connectivity index (χ1n) is 11.5. The van der Waals surface area contributed by atoms with Crippen LogP contribution >= 0.6 is 11.6 Å². The molecular formula is C23H25ClF3N7O3. The van der Waals surface area contributed by atoms with Gasteiger partial charge in [-0.25, -0.2) is 9.97 Å². The molecule has 0 unspecified atom stereocenters. The molecule has 14 heteroatoms. The maximum absolute atomic E-state index is 13.9. The summed E-state index contributed by atoms with van der Waals surface area (Å²) in [6, 6.07) is 3.53. The van der Waals surface area contributed by atoms with Gasteiger partial charge in [-0.15, -0.1) is 0 Å². The standard InChI is InChI=1S/C19H21ClF3N5O2.C4H4N2O/c1-11-9-30-10-12(2)27(11)16-8-17(29)26-6-4-14(19(21,22)23)28(18(26)25-16)13-3-5-24-15(20)7-13;7-4-1-2-5-3-6-4/h3,5,7-8,11-12,14H,4,6,9-10H2,1-2H3;1-3H,(H,5,6,7)/t11-,12-,14+;/m1./s1. The zero-order valence-corrected chi connectivity index (χ0v) is 20.8. The zero-order chi connectivity index (χ0) is 26.7. The van der Waals surface area contributed by atoms with E-state index in [0.29, 0.717) is 19.0 Å². The predicted molar refractivity (Wildman–Crippen MR) is 131 cm³/mol. The van der Waals surface area contributed by atoms with Crippen molar-refractivity contribution in [3.8, 4) is 0 Å². The lowest BCUT2D eigenvalue weighted by molar-refractivity contribution is -0.150. The van der Waals surface area contributed by atoms with Gasteiger partial charge < -0.3 is 14.6 Å². The second-order valence-corrected chi connectivity index (χ2v) is 9.09. The highest BCUT2D eigenvalue weighted by Crippen LogP contribution is 2.39. The van der Waals surface area contributed by atoms with Crippen molar-refractivity contribution in [1.82, 2.24) is 24.5 Å². The lowest BCUT2D eigenvalue weighted by Gasteiger charge is -2.42. The second kappa shape index (κ2) is 10.9. The Hall–Kier alpha value is -3.45. The van der Waals surface area contributed by atoms with E-state index in [0.717, 1.165) is 4.90 Å². The van der Waals surface area contributed by atoms with Crippen molar-refractivity contribution in [1.29, 1.82) is 0 Å². The number of morpholine rings is 1. The van der Waals surface area contributed by atoms with Gasteiger partial charge in [0, 0.05) is 36.8 Å². The van der Waals surface area contributed by atoms with E-state index in [2.05, 4.69) is 19.9 Å². The predicted octanol–water partition coefficient (Wildman–Crippen LogP) is 3.15. The molecule has 1 N–H and O–H groups in total. The quantitative estimate of drug-likeness (QED) is 0.495. The van der Waals surface area contributed by atoms with Crippen LogP contribution in [0.25, 0.3) is 0 Å². The first-order chi connectivity index (χ1) is 17.6. The van der Waals surface area contributed by atoms with Crippen LogP contribution in [0.2, 0.25) is 5.15 Å². The molecule has 5 rings (SSSR count). The third kappa shape index (κ3) is 5.93. The highest BCUT2D eigenvalue weighted by molar-refractivity contribution is 6.29. The van der Waals surface area contributed by atoms with Gasteiger partial charge in [0.2, 0.25) is 5.95 Å². The Morgan fingerprint density at radius 3 is 2.41 bits per heavy atom. The van der Waals surface area contributed by atoms with Crippen LogP contribution in [0.5, 0.6) is 0 Å². The SMILES string of the molecule is C[C@@H]1COC[C@@H](C)N1c1cc(=O)n2c(n1)N(c1ccnc(Cl)c1)[C@H](C(F)(F)F)CC2.O=c1ccnc[nH]1. The molecule has 0 aliphatic carbocycles. The molecule has 3 aromatic rings. The molecule has 198 valence electrons. The topological polar surface area (TPSA) is 109 Å². The van der Waals surface area contributed by atoms with Crippen LogP contribution in [-0.2, 0) is 11.3 Å². The zero-order valence-electron chi connectivity index (χ0n) is 20.0. The van der Waals surface area contributed by atoms with Gasteiger partial charge in [0.15, 0.2) is 0 Å². The van der Waals surface area contributed by atoms with Gasteiger partial charge in [0.25, 0.3) is 11.1 Å². The summed E-state index contributed by atoms with van der Waals surface area (Å²) in [5.41, 5.74) is -0.334. The Morgan fingerprint density at radius 1 is 1.11 bits per heavy atom. The number of rotatable bonds is 2. The van der Waals surface area contributed by atoms with Crippen molar-refractivity contribution < 1.29 is 17.9 Å². The molecule has 0 saturated carbocycles. The molecule has 3 aromatic heterocycles. The van der Waals surface area contributed by atoms with Crippen molar-refractivity contribution in [3.05, 3.63) is 68.8 Å². The molecule has 2 aliphatic heterocycles. The number of nitrogens with zero attached hydrogens (tertiary/aromatic N) is 6. The summed E-state index contributed by atoms with van der Waals surface area (Å²) in [7, 11) is 0. The Morgan fingerprint density at radius 2 is 1.84 bits per heavy atom. The number of anilines is 3. The molecule has 2 aliphatic rings. The van der Waals surface area contributed by atoms with E-state index in [1.54, 1.807) is 0 Å². The summed E-state index contributed by atoms with van der Waals surface area (Å²) in [6.45, 7) is 4.66. The maximum Gasteiger partial charge on any atom is 0.409 e. The number of hydrogen-bond donors (Lipinski definition) is 1. The molecule has 0 spiro atoms. The van der Waals surface area contributed by atoms with Crippen molar-refractivity contribution in [2.75, 3.05) is 23.0 Å². The molecule has 1 saturated heterocycles. The Balaban J connectivity index is 0.000000396. The van der Waals surface area contributed by atoms with Gasteiger partial charge in [-0.1, -0.05) is 11.6 Å². The van der Waals surface area contributed by atoms with E-state index in [9.17, 15) is 22.8 Å². The summed E-state index contributed by atoms with van der Waals surface area (Å²) >= 11 is 5.95. The van der Waals surface area contributed by atoms with Gasteiger partial charge in [0.05, 0.1) is 31.6 Å². The fourth-order valence-electron chi connectivity index (χ4n) is 4.43. The lowest BCUT2D eigenvalue weighted by atomic mass is 10.1. The summed E-state index contributed by atoms with van der Waals surface area (Å²) < 4.78 is 48.6. The largest absolute Gasteiger partial charge is 0.409 e. The number of nitrogens with one attached hydrogen (secondary N) is 1. The van der Waals surface area contributed by atoms with Crippen molar-refractivity contribution in [3.63, 3.8) is 0 Å². The molecule has 3 atom stereocenters. The summed E-state index contributed by atoms with van der Waals surface area (Å²) in [5.74, 6) is 0.279. The molecule has 5 heterocycles. The highest BCUT2D eigenvalue weighted by Gasteiger charge is 2.47. The average Bonchev–Trinajstić information content (AvgIpc) is 2.83. The Kier molecular flexibility index (Phi) is 7.83. The van der Waals surface area contributed by atoms with E-state index in [-0.39, 0.29) is 47.4 Å².